The van der Waals surface area contributed by atoms with Crippen molar-refractivity contribution in [3.05, 3.63) is 120 Å². The van der Waals surface area contributed by atoms with E-state index in [0.717, 1.165) is 70.0 Å². The van der Waals surface area contributed by atoms with E-state index in [1.54, 1.807) is 0 Å². The summed E-state index contributed by atoms with van der Waals surface area (Å²) >= 11 is 1.82. The van der Waals surface area contributed by atoms with Crippen LogP contribution in [-0.4, -0.2) is 23.9 Å². The van der Waals surface area contributed by atoms with Crippen molar-refractivity contribution < 1.29 is 34.4 Å². The Labute approximate surface area is 351 Å². The zero-order valence-electron chi connectivity index (χ0n) is 34.2. The topological polar surface area (TPSA) is 63.3 Å². The molecule has 3 aromatic heterocycles. The average molecular weight is 957 g/mol. The summed E-state index contributed by atoms with van der Waals surface area (Å²) in [6, 6.07) is 34.1. The molecule has 0 saturated carbocycles. The molecule has 0 aliphatic rings. The SMILES string of the molecule is CCC(CC)C(=O)/C=C(\O)C(CC)CC.Cc1[c-]c(-c2nccc3c(C)c(-c4ccc([Si](C)(C)C)cc4)sc23)c2oc3cc(-c4ccccc4)ccc3c2c1.[Ir]. The Hall–Kier alpha value is -4.13. The summed E-state index contributed by atoms with van der Waals surface area (Å²) in [6.07, 6.45) is 6.83. The summed E-state index contributed by atoms with van der Waals surface area (Å²) in [4.78, 5) is 17.9. The van der Waals surface area contributed by atoms with Crippen LogP contribution in [0, 0.1) is 31.7 Å². The first-order valence-corrected chi connectivity index (χ1v) is 24.1. The first kappa shape index (κ1) is 43.0. The number of aryl methyl sites for hydroxylation is 2. The molecule has 4 aromatic carbocycles. The number of carbonyl (C=O) groups is 1. The van der Waals surface area contributed by atoms with Crippen LogP contribution in [0.5, 0.6) is 0 Å². The number of benzene rings is 4. The normalized spacial score (nSPS) is 12.0. The van der Waals surface area contributed by atoms with Crippen LogP contribution in [0.25, 0.3) is 64.8 Å². The maximum absolute atomic E-state index is 11.7. The van der Waals surface area contributed by atoms with Crippen LogP contribution in [-0.2, 0) is 24.9 Å². The molecule has 293 valence electrons. The number of thiophene rings is 1. The summed E-state index contributed by atoms with van der Waals surface area (Å²) in [6.45, 7) is 19.6. The van der Waals surface area contributed by atoms with Gasteiger partial charge in [-0.1, -0.05) is 137 Å². The molecule has 0 fully saturated rings. The van der Waals surface area contributed by atoms with E-state index >= 15 is 0 Å². The van der Waals surface area contributed by atoms with Crippen LogP contribution in [0.3, 0.4) is 0 Å². The van der Waals surface area contributed by atoms with E-state index in [-0.39, 0.29) is 43.5 Å². The minimum Gasteiger partial charge on any atom is -0.512 e. The molecule has 3 heterocycles. The van der Waals surface area contributed by atoms with Gasteiger partial charge in [-0.05, 0) is 72.4 Å². The van der Waals surface area contributed by atoms with Crippen LogP contribution >= 0.6 is 11.3 Å². The molecule has 7 aromatic rings. The number of hydrogen-bond donors (Lipinski definition) is 1. The molecule has 1 N–H and O–H groups in total. The summed E-state index contributed by atoms with van der Waals surface area (Å²) in [5.74, 6) is 0.547. The van der Waals surface area contributed by atoms with Crippen LogP contribution < -0.4 is 5.19 Å². The zero-order chi connectivity index (χ0) is 39.4. The van der Waals surface area contributed by atoms with Crippen molar-refractivity contribution in [1.29, 1.82) is 0 Å². The molecule has 0 unspecified atom stereocenters. The number of pyridine rings is 1. The first-order valence-electron chi connectivity index (χ1n) is 19.8. The van der Waals surface area contributed by atoms with E-state index in [0.29, 0.717) is 0 Å². The second-order valence-electron chi connectivity index (χ2n) is 15.7. The summed E-state index contributed by atoms with van der Waals surface area (Å²) in [5, 5.41) is 14.7. The van der Waals surface area contributed by atoms with E-state index in [9.17, 15) is 9.90 Å². The Kier molecular flexibility index (Phi) is 14.1. The van der Waals surface area contributed by atoms with Gasteiger partial charge in [-0.2, -0.15) is 0 Å². The summed E-state index contributed by atoms with van der Waals surface area (Å²) < 4.78 is 7.79. The monoisotopic (exact) mass is 957 g/mol. The average Bonchev–Trinajstić information content (AvgIpc) is 3.72. The molecule has 0 aliphatic heterocycles. The minimum absolute atomic E-state index is 0. The van der Waals surface area contributed by atoms with E-state index in [2.05, 4.69) is 118 Å². The molecule has 0 saturated heterocycles. The fourth-order valence-electron chi connectivity index (χ4n) is 7.43. The molecule has 0 bridgehead atoms. The molecule has 56 heavy (non-hydrogen) atoms. The van der Waals surface area contributed by atoms with Gasteiger partial charge in [0.25, 0.3) is 0 Å². The fourth-order valence-corrected chi connectivity index (χ4v) is 9.90. The van der Waals surface area contributed by atoms with E-state index in [1.807, 2.05) is 51.3 Å². The Bertz CT molecular complexity index is 2470. The van der Waals surface area contributed by atoms with E-state index in [1.165, 1.54) is 42.9 Å². The van der Waals surface area contributed by atoms with Gasteiger partial charge in [0, 0.05) is 64.9 Å². The second-order valence-corrected chi connectivity index (χ2v) is 21.8. The molecule has 0 amide bonds. The second kappa shape index (κ2) is 18.4. The number of nitrogens with zero attached hydrogens (tertiary/aromatic N) is 1. The van der Waals surface area contributed by atoms with Crippen molar-refractivity contribution in [3.63, 3.8) is 0 Å². The van der Waals surface area contributed by atoms with Crippen molar-refractivity contribution >= 4 is 62.4 Å². The Morgan fingerprint density at radius 2 is 1.45 bits per heavy atom. The molecular weight excluding hydrogens is 903 g/mol. The number of aliphatic hydroxyl groups excluding tert-OH is 1. The predicted molar refractivity (Wildman–Crippen MR) is 238 cm³/mol. The molecule has 0 aliphatic carbocycles. The molecular formula is C49H54IrNO3SSi-. The Balaban J connectivity index is 0.000000322. The third kappa shape index (κ3) is 9.02. The van der Waals surface area contributed by atoms with Gasteiger partial charge < -0.3 is 14.5 Å². The maximum atomic E-state index is 11.7. The van der Waals surface area contributed by atoms with Crippen LogP contribution in [0.1, 0.15) is 64.5 Å². The molecule has 0 atom stereocenters. The number of ketones is 1. The van der Waals surface area contributed by atoms with Crippen molar-refractivity contribution in [3.8, 4) is 32.8 Å². The quantitative estimate of drug-likeness (QED) is 0.0607. The standard InChI is InChI=1S/C36H30NOSSi.C13H24O2.Ir/c1-22-19-30-29-16-13-26(24-9-7-6-8-10-24)21-32(29)38-34(30)31(20-22)33-36-28(17-18-37-33)23(2)35(39-36)25-11-14-27(15-12-25)40(3,4)5;1-5-10(6-2)12(14)9-13(15)11(7-3)8-4;/h6-19,21H,1-5H3;9-11,14H,5-8H2,1-4H3;/q-1;;/b;12-9-;. The van der Waals surface area contributed by atoms with Crippen LogP contribution in [0.15, 0.2) is 107 Å². The van der Waals surface area contributed by atoms with E-state index in [4.69, 9.17) is 9.40 Å². The number of aromatic nitrogens is 1. The maximum Gasteiger partial charge on any atom is 0.162 e. The minimum atomic E-state index is -1.35. The van der Waals surface area contributed by atoms with Gasteiger partial charge >= 0.3 is 0 Å². The number of aliphatic hydroxyl groups is 1. The van der Waals surface area contributed by atoms with Gasteiger partial charge in [-0.25, -0.2) is 0 Å². The van der Waals surface area contributed by atoms with Crippen LogP contribution in [0.4, 0.5) is 0 Å². The summed E-state index contributed by atoms with van der Waals surface area (Å²) in [7, 11) is -1.35. The third-order valence-electron chi connectivity index (χ3n) is 10.9. The van der Waals surface area contributed by atoms with Gasteiger partial charge in [0.1, 0.15) is 5.58 Å². The Morgan fingerprint density at radius 3 is 2.07 bits per heavy atom. The number of rotatable bonds is 11. The van der Waals surface area contributed by atoms with Gasteiger partial charge in [0.05, 0.1) is 19.4 Å². The van der Waals surface area contributed by atoms with Crippen molar-refractivity contribution in [2.75, 3.05) is 0 Å². The smallest absolute Gasteiger partial charge is 0.162 e. The number of carbonyl (C=O) groups excluding carboxylic acids is 1. The zero-order valence-corrected chi connectivity index (χ0v) is 38.4. The predicted octanol–water partition coefficient (Wildman–Crippen LogP) is 14.0. The van der Waals surface area contributed by atoms with Crippen molar-refractivity contribution in [1.82, 2.24) is 4.98 Å². The number of furan rings is 1. The molecule has 7 heteroatoms. The van der Waals surface area contributed by atoms with Gasteiger partial charge in [-0.3, -0.25) is 4.79 Å². The van der Waals surface area contributed by atoms with E-state index < -0.39 is 8.07 Å². The largest absolute Gasteiger partial charge is 0.512 e. The fraction of sp³-hybridized carbons (Fsp3) is 0.306. The molecule has 7 rings (SSSR count). The summed E-state index contributed by atoms with van der Waals surface area (Å²) in [5.41, 5.74) is 9.56. The Morgan fingerprint density at radius 1 is 0.804 bits per heavy atom. The van der Waals surface area contributed by atoms with Gasteiger partial charge in [-0.15, -0.1) is 29.0 Å². The number of fused-ring (bicyclic) bond motifs is 4. The number of allylic oxidation sites excluding steroid dienone is 2. The molecule has 4 nitrogen and oxygen atoms in total. The third-order valence-corrected chi connectivity index (χ3v) is 14.4. The van der Waals surface area contributed by atoms with Gasteiger partial charge in [0.2, 0.25) is 0 Å². The van der Waals surface area contributed by atoms with Crippen molar-refractivity contribution in [2.45, 2.75) is 86.9 Å². The molecule has 1 radical (unpaired) electrons. The number of hydrogen-bond acceptors (Lipinski definition) is 5. The van der Waals surface area contributed by atoms with Gasteiger partial charge in [0.15, 0.2) is 5.78 Å². The van der Waals surface area contributed by atoms with Crippen molar-refractivity contribution in [2.24, 2.45) is 11.8 Å². The van der Waals surface area contributed by atoms with Crippen LogP contribution in [0.2, 0.25) is 19.6 Å². The first-order chi connectivity index (χ1) is 26.4. The molecule has 0 spiro atoms.